The van der Waals surface area contributed by atoms with Crippen molar-refractivity contribution in [3.8, 4) is 0 Å². The smallest absolute Gasteiger partial charge is 0.220 e. The zero-order valence-corrected chi connectivity index (χ0v) is 11.2. The fraction of sp³-hybridized carbons (Fsp3) is 0.583. The summed E-state index contributed by atoms with van der Waals surface area (Å²) < 4.78 is 0.776. The fourth-order valence-electron chi connectivity index (χ4n) is 1.87. The summed E-state index contributed by atoms with van der Waals surface area (Å²) in [5.74, 6) is 0.706. The van der Waals surface area contributed by atoms with Crippen LogP contribution in [0.5, 0.6) is 0 Å². The molecule has 1 aliphatic carbocycles. The van der Waals surface area contributed by atoms with Crippen molar-refractivity contribution < 1.29 is 4.79 Å². The van der Waals surface area contributed by atoms with E-state index in [0.29, 0.717) is 18.9 Å². The van der Waals surface area contributed by atoms with Gasteiger partial charge in [0.1, 0.15) is 0 Å². The molecule has 3 nitrogen and oxygen atoms in total. The topological polar surface area (TPSA) is 55.1 Å². The Morgan fingerprint density at radius 1 is 1.59 bits per heavy atom. The largest absolute Gasteiger partial charge is 0.352 e. The van der Waals surface area contributed by atoms with Crippen LogP contribution in [0.15, 0.2) is 12.1 Å². The Morgan fingerprint density at radius 2 is 2.35 bits per heavy atom. The van der Waals surface area contributed by atoms with Crippen molar-refractivity contribution in [3.05, 3.63) is 21.3 Å². The normalized spacial score (nSPS) is 16.8. The predicted molar refractivity (Wildman–Crippen MR) is 71.4 cm³/mol. The molecule has 5 heteroatoms. The lowest BCUT2D eigenvalue weighted by Gasteiger charge is -2.15. The molecule has 17 heavy (non-hydrogen) atoms. The first kappa shape index (κ1) is 12.9. The molecule has 1 saturated carbocycles. The highest BCUT2D eigenvalue weighted by Crippen LogP contribution is 2.32. The van der Waals surface area contributed by atoms with E-state index in [9.17, 15) is 4.79 Å². The highest BCUT2D eigenvalue weighted by molar-refractivity contribution is 7.16. The number of halogens is 1. The summed E-state index contributed by atoms with van der Waals surface area (Å²) in [6.45, 7) is 0.543. The third kappa shape index (κ3) is 3.98. The number of aryl methyl sites for hydroxylation is 1. The maximum atomic E-state index is 11.7. The molecule has 0 saturated heterocycles. The van der Waals surface area contributed by atoms with Gasteiger partial charge in [-0.3, -0.25) is 4.79 Å². The van der Waals surface area contributed by atoms with Crippen molar-refractivity contribution in [2.24, 2.45) is 11.7 Å². The molecular weight excluding hydrogens is 256 g/mol. The van der Waals surface area contributed by atoms with E-state index in [1.165, 1.54) is 24.2 Å². The predicted octanol–water partition coefficient (Wildman–Crippen LogP) is 2.19. The molecule has 0 bridgehead atoms. The van der Waals surface area contributed by atoms with Gasteiger partial charge in [-0.2, -0.15) is 0 Å². The Labute approximate surface area is 110 Å². The van der Waals surface area contributed by atoms with Crippen LogP contribution in [0, 0.1) is 5.92 Å². The van der Waals surface area contributed by atoms with Crippen LogP contribution in [0.1, 0.15) is 24.1 Å². The van der Waals surface area contributed by atoms with E-state index in [0.717, 1.165) is 15.6 Å². The number of amides is 1. The van der Waals surface area contributed by atoms with E-state index in [-0.39, 0.29) is 11.9 Å². The first-order chi connectivity index (χ1) is 8.19. The number of carbonyl (C=O) groups excluding carboxylic acids is 1. The van der Waals surface area contributed by atoms with Crippen molar-refractivity contribution >= 4 is 28.8 Å². The minimum atomic E-state index is 0.0943. The summed E-state index contributed by atoms with van der Waals surface area (Å²) >= 11 is 7.37. The van der Waals surface area contributed by atoms with Crippen LogP contribution in [0.4, 0.5) is 0 Å². The number of rotatable bonds is 6. The molecule has 94 valence electrons. The Hall–Kier alpha value is -0.580. The molecule has 2 rings (SSSR count). The van der Waals surface area contributed by atoms with E-state index in [1.54, 1.807) is 0 Å². The third-order valence-electron chi connectivity index (χ3n) is 3.02. The fourth-order valence-corrected chi connectivity index (χ4v) is 2.96. The molecule has 1 aliphatic rings. The van der Waals surface area contributed by atoms with Crippen molar-refractivity contribution in [2.45, 2.75) is 31.7 Å². The number of hydrogen-bond acceptors (Lipinski definition) is 3. The van der Waals surface area contributed by atoms with Gasteiger partial charge in [0.25, 0.3) is 0 Å². The molecule has 0 spiro atoms. The van der Waals surface area contributed by atoms with Gasteiger partial charge in [-0.05, 0) is 37.3 Å². The highest BCUT2D eigenvalue weighted by Gasteiger charge is 2.30. The molecule has 3 N–H and O–H groups in total. The van der Waals surface area contributed by atoms with Crippen LogP contribution >= 0.6 is 22.9 Å². The summed E-state index contributed by atoms with van der Waals surface area (Å²) in [4.78, 5) is 12.9. The molecule has 1 aromatic rings. The van der Waals surface area contributed by atoms with Crippen LogP contribution < -0.4 is 11.1 Å². The molecule has 1 heterocycles. The average molecular weight is 273 g/mol. The van der Waals surface area contributed by atoms with Gasteiger partial charge in [0, 0.05) is 23.9 Å². The second-order valence-electron chi connectivity index (χ2n) is 4.45. The summed E-state index contributed by atoms with van der Waals surface area (Å²) in [5.41, 5.74) is 5.64. The zero-order valence-electron chi connectivity index (χ0n) is 9.62. The number of nitrogens with two attached hydrogens (primary N) is 1. The second kappa shape index (κ2) is 5.85. The van der Waals surface area contributed by atoms with Crippen molar-refractivity contribution in [2.75, 3.05) is 6.54 Å². The Morgan fingerprint density at radius 3 is 2.88 bits per heavy atom. The van der Waals surface area contributed by atoms with E-state index in [1.807, 2.05) is 12.1 Å². The summed E-state index contributed by atoms with van der Waals surface area (Å²) in [6, 6.07) is 4.02. The van der Waals surface area contributed by atoms with Gasteiger partial charge < -0.3 is 11.1 Å². The molecule has 1 amide bonds. The Balaban J connectivity index is 1.73. The monoisotopic (exact) mass is 272 g/mol. The molecule has 1 unspecified atom stereocenters. The molecule has 1 atom stereocenters. The summed E-state index contributed by atoms with van der Waals surface area (Å²) in [6.07, 6.45) is 3.66. The SMILES string of the molecule is NCC(NC(=O)CCc1ccc(Cl)s1)C1CC1. The van der Waals surface area contributed by atoms with E-state index >= 15 is 0 Å². The highest BCUT2D eigenvalue weighted by atomic mass is 35.5. The summed E-state index contributed by atoms with van der Waals surface area (Å²) in [5, 5.41) is 3.01. The van der Waals surface area contributed by atoms with Gasteiger partial charge >= 0.3 is 0 Å². The van der Waals surface area contributed by atoms with Crippen molar-refractivity contribution in [1.82, 2.24) is 5.32 Å². The lowest BCUT2D eigenvalue weighted by Crippen LogP contribution is -2.41. The molecule has 1 fully saturated rings. The summed E-state index contributed by atoms with van der Waals surface area (Å²) in [7, 11) is 0. The Bertz CT molecular complexity index is 390. The van der Waals surface area contributed by atoms with E-state index in [4.69, 9.17) is 17.3 Å². The van der Waals surface area contributed by atoms with Gasteiger partial charge in [-0.1, -0.05) is 11.6 Å². The number of carbonyl (C=O) groups is 1. The van der Waals surface area contributed by atoms with Crippen LogP contribution in [0.3, 0.4) is 0 Å². The van der Waals surface area contributed by atoms with Gasteiger partial charge in [0.15, 0.2) is 0 Å². The second-order valence-corrected chi connectivity index (χ2v) is 6.25. The van der Waals surface area contributed by atoms with Crippen LogP contribution in [0.2, 0.25) is 4.34 Å². The quantitative estimate of drug-likeness (QED) is 0.834. The number of nitrogens with one attached hydrogen (secondary N) is 1. The zero-order chi connectivity index (χ0) is 12.3. The Kier molecular flexibility index (Phi) is 4.42. The van der Waals surface area contributed by atoms with Crippen molar-refractivity contribution in [3.63, 3.8) is 0 Å². The van der Waals surface area contributed by atoms with Crippen LogP contribution in [-0.2, 0) is 11.2 Å². The number of hydrogen-bond donors (Lipinski definition) is 2. The molecule has 1 aromatic heterocycles. The molecule has 0 aliphatic heterocycles. The lowest BCUT2D eigenvalue weighted by atomic mass is 10.1. The molecule has 0 radical (unpaired) electrons. The van der Waals surface area contributed by atoms with Gasteiger partial charge in [0.05, 0.1) is 4.34 Å². The van der Waals surface area contributed by atoms with Gasteiger partial charge in [-0.25, -0.2) is 0 Å². The first-order valence-electron chi connectivity index (χ1n) is 5.92. The van der Waals surface area contributed by atoms with Crippen LogP contribution in [-0.4, -0.2) is 18.5 Å². The van der Waals surface area contributed by atoms with Crippen molar-refractivity contribution in [1.29, 1.82) is 0 Å². The lowest BCUT2D eigenvalue weighted by molar-refractivity contribution is -0.121. The average Bonchev–Trinajstić information content (AvgIpc) is 3.07. The first-order valence-corrected chi connectivity index (χ1v) is 7.12. The minimum absolute atomic E-state index is 0.0943. The molecular formula is C12H17ClN2OS. The molecule has 0 aromatic carbocycles. The minimum Gasteiger partial charge on any atom is -0.352 e. The van der Waals surface area contributed by atoms with Gasteiger partial charge in [0.2, 0.25) is 5.91 Å². The number of thiophene rings is 1. The standard InChI is InChI=1S/C12H17ClN2OS/c13-11-5-3-9(17-11)4-6-12(16)15-10(7-14)8-1-2-8/h3,5,8,10H,1-2,4,6-7,14H2,(H,15,16). The maximum absolute atomic E-state index is 11.7. The van der Waals surface area contributed by atoms with Crippen LogP contribution in [0.25, 0.3) is 0 Å². The van der Waals surface area contributed by atoms with E-state index in [2.05, 4.69) is 5.32 Å². The maximum Gasteiger partial charge on any atom is 0.220 e. The van der Waals surface area contributed by atoms with Gasteiger partial charge in [-0.15, -0.1) is 11.3 Å². The third-order valence-corrected chi connectivity index (χ3v) is 4.31. The van der Waals surface area contributed by atoms with E-state index < -0.39 is 0 Å².